The Morgan fingerprint density at radius 3 is 2.19 bits per heavy atom. The molecule has 5 nitrogen and oxygen atoms in total. The molecule has 0 saturated heterocycles. The topological polar surface area (TPSA) is 48.3 Å². The number of carbonyl (C=O) groups is 1. The van der Waals surface area contributed by atoms with Gasteiger partial charge in [-0.25, -0.2) is 10.0 Å². The molecule has 37 heavy (non-hydrogen) atoms. The van der Waals surface area contributed by atoms with E-state index in [1.807, 2.05) is 107 Å². The summed E-state index contributed by atoms with van der Waals surface area (Å²) < 4.78 is 0. The third-order valence-electron chi connectivity index (χ3n) is 6.24. The van der Waals surface area contributed by atoms with Gasteiger partial charge < -0.3 is 0 Å². The summed E-state index contributed by atoms with van der Waals surface area (Å²) in [4.78, 5) is 11.7. The van der Waals surface area contributed by atoms with E-state index in [2.05, 4.69) is 6.07 Å². The van der Waals surface area contributed by atoms with Crippen LogP contribution in [0.15, 0.2) is 113 Å². The first kappa shape index (κ1) is 23.8. The Morgan fingerprint density at radius 2 is 1.46 bits per heavy atom. The van der Waals surface area contributed by atoms with Crippen molar-refractivity contribution in [2.75, 3.05) is 10.0 Å². The normalized spacial score (nSPS) is 18.5. The van der Waals surface area contributed by atoms with E-state index in [1.54, 1.807) is 0 Å². The molecule has 182 valence electrons. The predicted molar refractivity (Wildman–Crippen MR) is 154 cm³/mol. The molecule has 0 aromatic heterocycles. The number of Topliss-reactive ketones (excluding diaryl/α,β-unsaturated/α-hetero) is 1. The minimum Gasteiger partial charge on any atom is -0.292 e. The average Bonchev–Trinajstić information content (AvgIpc) is 3.31. The van der Waals surface area contributed by atoms with Gasteiger partial charge in [-0.1, -0.05) is 89.9 Å². The van der Waals surface area contributed by atoms with Crippen molar-refractivity contribution in [3.8, 4) is 0 Å². The Balaban J connectivity index is 1.68. The maximum Gasteiger partial charge on any atom is 0.234 e. The number of rotatable bonds is 4. The number of hydrogen-bond donors (Lipinski definition) is 0. The molecule has 6 rings (SSSR count). The van der Waals surface area contributed by atoms with Crippen LogP contribution in [0.25, 0.3) is 0 Å². The van der Waals surface area contributed by atoms with Crippen molar-refractivity contribution >= 4 is 62.9 Å². The molecule has 0 bridgehead atoms. The van der Waals surface area contributed by atoms with Crippen LogP contribution in [0.2, 0.25) is 10.0 Å². The van der Waals surface area contributed by atoms with Crippen LogP contribution < -0.4 is 10.0 Å². The molecule has 2 aliphatic heterocycles. The molecule has 0 fully saturated rings. The largest absolute Gasteiger partial charge is 0.292 e. The van der Waals surface area contributed by atoms with E-state index >= 15 is 0 Å². The number of hydrazone groups is 2. The van der Waals surface area contributed by atoms with Gasteiger partial charge in [-0.15, -0.1) is 0 Å². The fraction of sp³-hybridized carbons (Fsp3) is 0.0690. The number of benzene rings is 4. The summed E-state index contributed by atoms with van der Waals surface area (Å²) in [5.41, 5.74) is 5.09. The molecular weight excluding hydrogens is 523 g/mol. The van der Waals surface area contributed by atoms with Crippen molar-refractivity contribution in [2.24, 2.45) is 10.2 Å². The highest BCUT2D eigenvalue weighted by molar-refractivity contribution is 8.17. The van der Waals surface area contributed by atoms with Gasteiger partial charge in [-0.3, -0.25) is 4.79 Å². The molecule has 1 atom stereocenters. The number of fused-ring (bicyclic) bond motifs is 2. The van der Waals surface area contributed by atoms with Gasteiger partial charge in [-0.05, 0) is 48.2 Å². The summed E-state index contributed by atoms with van der Waals surface area (Å²) in [7, 11) is 0. The van der Waals surface area contributed by atoms with Crippen molar-refractivity contribution < 1.29 is 4.79 Å². The molecule has 1 unspecified atom stereocenters. The van der Waals surface area contributed by atoms with Crippen LogP contribution >= 0.6 is 35.0 Å². The third-order valence-corrected chi connectivity index (χ3v) is 8.22. The zero-order valence-electron chi connectivity index (χ0n) is 19.7. The zero-order valence-corrected chi connectivity index (χ0v) is 22.0. The molecule has 0 aliphatic carbocycles. The van der Waals surface area contributed by atoms with Gasteiger partial charge in [-0.2, -0.15) is 10.2 Å². The Bertz CT molecular complexity index is 1570. The summed E-state index contributed by atoms with van der Waals surface area (Å²) in [6.45, 7) is 1.53. The van der Waals surface area contributed by atoms with Gasteiger partial charge in [0, 0.05) is 28.6 Å². The number of halogens is 2. The highest BCUT2D eigenvalue weighted by atomic mass is 35.5. The lowest BCUT2D eigenvalue weighted by atomic mass is 9.93. The predicted octanol–water partition coefficient (Wildman–Crippen LogP) is 7.53. The average molecular weight is 543 g/mol. The van der Waals surface area contributed by atoms with Gasteiger partial charge in [0.15, 0.2) is 10.8 Å². The summed E-state index contributed by atoms with van der Waals surface area (Å²) >= 11 is 14.3. The second-order valence-corrected chi connectivity index (χ2v) is 10.6. The number of nitrogens with zero attached hydrogens (tertiary/aromatic N) is 4. The Labute approximate surface area is 229 Å². The first-order valence-electron chi connectivity index (χ1n) is 11.6. The van der Waals surface area contributed by atoms with Crippen molar-refractivity contribution in [3.05, 3.63) is 130 Å². The fourth-order valence-corrected chi connectivity index (χ4v) is 6.20. The lowest BCUT2D eigenvalue weighted by Crippen LogP contribution is -2.54. The Kier molecular flexibility index (Phi) is 6.03. The van der Waals surface area contributed by atoms with Crippen molar-refractivity contribution in [2.45, 2.75) is 11.9 Å². The molecule has 2 heterocycles. The molecule has 0 saturated carbocycles. The van der Waals surface area contributed by atoms with E-state index in [9.17, 15) is 4.79 Å². The van der Waals surface area contributed by atoms with Crippen molar-refractivity contribution in [3.63, 3.8) is 0 Å². The molecule has 0 radical (unpaired) electrons. The first-order chi connectivity index (χ1) is 18.0. The third kappa shape index (κ3) is 3.93. The molecule has 0 amide bonds. The van der Waals surface area contributed by atoms with Gasteiger partial charge in [0.05, 0.1) is 22.1 Å². The second kappa shape index (κ2) is 9.38. The van der Waals surface area contributed by atoms with Crippen molar-refractivity contribution in [1.82, 2.24) is 0 Å². The highest BCUT2D eigenvalue weighted by Crippen LogP contribution is 2.55. The van der Waals surface area contributed by atoms with Crippen LogP contribution in [0.3, 0.4) is 0 Å². The fourth-order valence-electron chi connectivity index (χ4n) is 4.57. The van der Waals surface area contributed by atoms with Crippen LogP contribution in [-0.2, 0) is 9.79 Å². The summed E-state index contributed by atoms with van der Waals surface area (Å²) in [5.74, 6) is -0.128. The van der Waals surface area contributed by atoms with Gasteiger partial charge in [0.2, 0.25) is 4.99 Å². The summed E-state index contributed by atoms with van der Waals surface area (Å²) in [6.07, 6.45) is 0. The standard InChI is InChI=1S/C29H20Cl2N4OS/c1-19(36)28-33-35(26-14-8-7-13-25(26)31)29(37-28)24-12-6-5-11-23(24)27(20-15-17-21(30)18-16-20)32-34(29)22-9-3-2-4-10-22/h2-18H,1H3. The second-order valence-electron chi connectivity index (χ2n) is 8.58. The van der Waals surface area contributed by atoms with E-state index in [-0.39, 0.29) is 5.78 Å². The highest BCUT2D eigenvalue weighted by Gasteiger charge is 2.56. The number of para-hydroxylation sites is 2. The van der Waals surface area contributed by atoms with Crippen LogP contribution in [0, 0.1) is 0 Å². The zero-order chi connectivity index (χ0) is 25.6. The molecule has 0 N–H and O–H groups in total. The summed E-state index contributed by atoms with van der Waals surface area (Å²) in [6, 6.07) is 33.1. The smallest absolute Gasteiger partial charge is 0.234 e. The van der Waals surface area contributed by atoms with E-state index in [0.29, 0.717) is 20.8 Å². The monoisotopic (exact) mass is 542 g/mol. The van der Waals surface area contributed by atoms with Gasteiger partial charge in [0.1, 0.15) is 0 Å². The van der Waals surface area contributed by atoms with Crippen LogP contribution in [0.4, 0.5) is 11.4 Å². The lowest BCUT2D eigenvalue weighted by molar-refractivity contribution is -0.110. The first-order valence-corrected chi connectivity index (χ1v) is 13.2. The Hall–Kier alpha value is -3.58. The molecule has 8 heteroatoms. The molecule has 4 aromatic carbocycles. The molecule has 4 aromatic rings. The van der Waals surface area contributed by atoms with Gasteiger partial charge >= 0.3 is 0 Å². The minimum atomic E-state index is -1.04. The van der Waals surface area contributed by atoms with Crippen LogP contribution in [0.1, 0.15) is 23.6 Å². The lowest BCUT2D eigenvalue weighted by Gasteiger charge is -2.47. The number of ketones is 1. The molecule has 2 aliphatic rings. The number of thioether (sulfide) groups is 1. The van der Waals surface area contributed by atoms with Crippen molar-refractivity contribution in [1.29, 1.82) is 0 Å². The summed E-state index contributed by atoms with van der Waals surface area (Å²) in [5, 5.41) is 15.4. The Morgan fingerprint density at radius 1 is 0.784 bits per heavy atom. The number of hydrogen-bond acceptors (Lipinski definition) is 6. The van der Waals surface area contributed by atoms with Gasteiger partial charge in [0.25, 0.3) is 0 Å². The minimum absolute atomic E-state index is 0.128. The van der Waals surface area contributed by atoms with E-state index in [4.69, 9.17) is 33.4 Å². The number of carbonyl (C=O) groups excluding carboxylic acids is 1. The quantitative estimate of drug-likeness (QED) is 0.267. The van der Waals surface area contributed by atoms with Crippen LogP contribution in [0.5, 0.6) is 0 Å². The molecule has 1 spiro atoms. The SMILES string of the molecule is CC(=O)C1=NN(c2ccccc2Cl)C2(S1)c1ccccc1C(c1ccc(Cl)cc1)=NN2c1ccccc1. The van der Waals surface area contributed by atoms with E-state index in [1.165, 1.54) is 18.7 Å². The number of anilines is 2. The van der Waals surface area contributed by atoms with E-state index < -0.39 is 4.99 Å². The maximum atomic E-state index is 12.7. The van der Waals surface area contributed by atoms with Crippen LogP contribution in [-0.4, -0.2) is 16.5 Å². The maximum absolute atomic E-state index is 12.7. The molecular formula is C29H20Cl2N4OS. The van der Waals surface area contributed by atoms with E-state index in [0.717, 1.165) is 28.1 Å².